The molecule has 2 aromatic heterocycles. The Hall–Kier alpha value is -6.11. The molecule has 4 aliphatic heterocycles. The monoisotopic (exact) mass is 869 g/mol. The Kier molecular flexibility index (Phi) is 11.1. The molecule has 62 heavy (non-hydrogen) atoms. The van der Waals surface area contributed by atoms with Crippen LogP contribution in [0.15, 0.2) is 73.1 Å². The molecule has 3 saturated heterocycles. The molecule has 2 atom stereocenters. The molecule has 0 bridgehead atoms. The van der Waals surface area contributed by atoms with Crippen LogP contribution in [0.1, 0.15) is 75.4 Å². The second kappa shape index (κ2) is 16.6. The van der Waals surface area contributed by atoms with Crippen LogP contribution in [0, 0.1) is 11.6 Å². The molecule has 3 fully saturated rings. The Morgan fingerprint density at radius 3 is 2.47 bits per heavy atom. The average molecular weight is 870 g/mol. The lowest BCUT2D eigenvalue weighted by atomic mass is 9.88. The summed E-state index contributed by atoms with van der Waals surface area (Å²) in [5.41, 5.74) is 2.72. The summed E-state index contributed by atoms with van der Waals surface area (Å²) in [7, 11) is -4.36. The summed E-state index contributed by atoms with van der Waals surface area (Å²) in [6.45, 7) is 2.82. The number of hydrogen-bond acceptors (Lipinski definition) is 9. The first-order chi connectivity index (χ1) is 29.8. The van der Waals surface area contributed by atoms with Crippen molar-refractivity contribution in [2.45, 2.75) is 56.8 Å². The highest BCUT2D eigenvalue weighted by Crippen LogP contribution is 2.35. The van der Waals surface area contributed by atoms with Crippen LogP contribution in [0.3, 0.4) is 0 Å². The van der Waals surface area contributed by atoms with Crippen molar-refractivity contribution in [1.29, 1.82) is 0 Å². The Morgan fingerprint density at radius 2 is 1.73 bits per heavy atom. The van der Waals surface area contributed by atoms with Crippen molar-refractivity contribution in [1.82, 2.24) is 29.4 Å². The summed E-state index contributed by atoms with van der Waals surface area (Å²) < 4.78 is 78.9. The molecule has 6 heterocycles. The third-order valence-electron chi connectivity index (χ3n) is 12.2. The number of piperidine rings is 2. The maximum atomic E-state index is 15.7. The maximum absolute atomic E-state index is 15.7. The zero-order chi connectivity index (χ0) is 43.3. The normalized spacial score (nSPS) is 20.2. The van der Waals surface area contributed by atoms with Crippen molar-refractivity contribution < 1.29 is 45.5 Å². The molecule has 14 nitrogen and oxygen atoms in total. The first kappa shape index (κ1) is 41.3. The second-order valence-corrected chi connectivity index (χ2v) is 17.8. The number of pyridine rings is 1. The summed E-state index contributed by atoms with van der Waals surface area (Å²) >= 11 is 0. The number of H-pyrrole nitrogens is 1. The van der Waals surface area contributed by atoms with Crippen LogP contribution in [0.2, 0.25) is 0 Å². The molecule has 3 N–H and O–H groups in total. The number of rotatable bonds is 12. The predicted octanol–water partition coefficient (Wildman–Crippen LogP) is 5.46. The molecular formula is C44H42F3N7O7S. The molecule has 3 aromatic carbocycles. The number of benzene rings is 3. The minimum absolute atomic E-state index is 0.00296. The quantitative estimate of drug-likeness (QED) is 0.109. The number of hydrogen-bond donors (Lipinski definition) is 3. The number of carbonyl (C=O) groups excluding carboxylic acids is 4. The van der Waals surface area contributed by atoms with E-state index in [9.17, 15) is 32.0 Å². The molecule has 0 radical (unpaired) electrons. The van der Waals surface area contributed by atoms with Crippen molar-refractivity contribution in [2.75, 3.05) is 44.1 Å². The van der Waals surface area contributed by atoms with Crippen LogP contribution in [0.4, 0.5) is 18.9 Å². The number of ether oxygens (including phenoxy) is 1. The highest BCUT2D eigenvalue weighted by Gasteiger charge is 2.39. The van der Waals surface area contributed by atoms with E-state index in [-0.39, 0.29) is 36.8 Å². The van der Waals surface area contributed by atoms with E-state index in [1.54, 1.807) is 17.2 Å². The number of anilines is 1. The number of alkyl halides is 1. The Morgan fingerprint density at radius 1 is 0.935 bits per heavy atom. The molecule has 0 aliphatic carbocycles. The number of ketones is 1. The molecule has 322 valence electrons. The number of nitrogens with zero attached hydrogens (tertiary/aromatic N) is 4. The van der Waals surface area contributed by atoms with Gasteiger partial charge < -0.3 is 14.6 Å². The number of fused-ring (bicyclic) bond motifs is 2. The predicted molar refractivity (Wildman–Crippen MR) is 221 cm³/mol. The molecule has 0 saturated carbocycles. The van der Waals surface area contributed by atoms with E-state index >= 15 is 8.78 Å². The number of nitrogens with one attached hydrogen (secondary N) is 3. The first-order valence-electron chi connectivity index (χ1n) is 20.5. The summed E-state index contributed by atoms with van der Waals surface area (Å²) in [5, 5.41) is 2.65. The van der Waals surface area contributed by atoms with Gasteiger partial charge in [-0.25, -0.2) is 18.2 Å². The van der Waals surface area contributed by atoms with Gasteiger partial charge in [-0.2, -0.15) is 12.7 Å². The minimum Gasteiger partial charge on any atom is -0.492 e. The Labute approximate surface area is 354 Å². The van der Waals surface area contributed by atoms with E-state index in [1.165, 1.54) is 11.8 Å². The molecule has 3 amide bonds. The van der Waals surface area contributed by atoms with Crippen molar-refractivity contribution in [3.8, 4) is 16.9 Å². The summed E-state index contributed by atoms with van der Waals surface area (Å²) in [6, 6.07) is 16.0. The van der Waals surface area contributed by atoms with Gasteiger partial charge in [0.25, 0.3) is 5.91 Å². The van der Waals surface area contributed by atoms with E-state index in [0.29, 0.717) is 53.4 Å². The van der Waals surface area contributed by atoms with Gasteiger partial charge in [-0.05, 0) is 97.8 Å². The molecule has 18 heteroatoms. The number of carbonyl (C=O) groups is 4. The smallest absolute Gasteiger partial charge is 0.301 e. The van der Waals surface area contributed by atoms with E-state index in [2.05, 4.69) is 26.3 Å². The van der Waals surface area contributed by atoms with Gasteiger partial charge in [0, 0.05) is 67.1 Å². The van der Waals surface area contributed by atoms with Crippen molar-refractivity contribution in [2.24, 2.45) is 0 Å². The molecular weight excluding hydrogens is 828 g/mol. The molecule has 1 unspecified atom stereocenters. The third kappa shape index (κ3) is 8.04. The number of halogens is 3. The zero-order valence-electron chi connectivity index (χ0n) is 33.3. The van der Waals surface area contributed by atoms with Crippen LogP contribution >= 0.6 is 0 Å². The average Bonchev–Trinajstić information content (AvgIpc) is 3.99. The Balaban J connectivity index is 0.791. The van der Waals surface area contributed by atoms with E-state index in [0.717, 1.165) is 60.0 Å². The highest BCUT2D eigenvalue weighted by atomic mass is 32.2. The van der Waals surface area contributed by atoms with Crippen LogP contribution < -0.4 is 14.8 Å². The van der Waals surface area contributed by atoms with Crippen molar-refractivity contribution in [3.63, 3.8) is 0 Å². The van der Waals surface area contributed by atoms with Gasteiger partial charge in [0.2, 0.25) is 17.6 Å². The van der Waals surface area contributed by atoms with Gasteiger partial charge in [-0.15, -0.1) is 0 Å². The van der Waals surface area contributed by atoms with Crippen LogP contribution in [-0.4, -0.2) is 108 Å². The van der Waals surface area contributed by atoms with E-state index in [4.69, 9.17) is 4.74 Å². The first-order valence-corrected chi connectivity index (χ1v) is 21.9. The fraction of sp³-hybridized carbons (Fsp3) is 0.341. The maximum Gasteiger partial charge on any atom is 0.301 e. The van der Waals surface area contributed by atoms with Crippen LogP contribution in [-0.2, 0) is 26.3 Å². The highest BCUT2D eigenvalue weighted by molar-refractivity contribution is 7.90. The number of aromatic amines is 1. The fourth-order valence-corrected chi connectivity index (χ4v) is 10.1. The Bertz CT molecular complexity index is 2720. The van der Waals surface area contributed by atoms with Gasteiger partial charge in [0.1, 0.15) is 36.0 Å². The molecule has 0 spiro atoms. The largest absolute Gasteiger partial charge is 0.492 e. The number of aromatic nitrogens is 2. The SMILES string of the molecule is O=C1CCC(N2Cc3cc(C4CCN(CCOc5ccc(-c6cnc7[nH]cc(C(=O)c8c(F)ccc(NS(=O)(=O)N9CC[C@@H](F)C9)c8F)c7c6)cc5)CC4)ccc3C2=O)C(=O)N1. The van der Waals surface area contributed by atoms with Gasteiger partial charge >= 0.3 is 10.2 Å². The zero-order valence-corrected chi connectivity index (χ0v) is 34.2. The lowest BCUT2D eigenvalue weighted by Crippen LogP contribution is -2.52. The lowest BCUT2D eigenvalue weighted by Gasteiger charge is -2.32. The van der Waals surface area contributed by atoms with E-state index < -0.39 is 63.5 Å². The molecule has 9 rings (SSSR count). The molecule has 5 aromatic rings. The lowest BCUT2D eigenvalue weighted by molar-refractivity contribution is -0.136. The van der Waals surface area contributed by atoms with Gasteiger partial charge in [-0.3, -0.25) is 34.1 Å². The molecule has 4 aliphatic rings. The van der Waals surface area contributed by atoms with Gasteiger partial charge in [-0.1, -0.05) is 24.3 Å². The van der Waals surface area contributed by atoms with E-state index in [1.807, 2.05) is 41.1 Å². The topological polar surface area (TPSA) is 174 Å². The standard InChI is InChI=1S/C44H42F3N7O7S/c45-30-13-16-53(24-30)62(59,60)51-36-8-7-35(46)39(40(36)47)41(56)34-22-49-42-33(34)20-28(21-48-42)25-1-4-31(5-2-25)61-18-17-52-14-11-26(12-15-52)27-3-6-32-29(19-27)23-54(44(32)58)37-9-10-38(55)50-43(37)57/h1-8,19-22,26,30,37,51H,9-18,23-24H2,(H,48,49)(H,50,55,57)/t30-,37?/m1/s1. The minimum atomic E-state index is -4.36. The van der Waals surface area contributed by atoms with Gasteiger partial charge in [0.15, 0.2) is 5.82 Å². The van der Waals surface area contributed by atoms with Crippen LogP contribution in [0.25, 0.3) is 22.2 Å². The fourth-order valence-electron chi connectivity index (χ4n) is 8.81. The second-order valence-electron chi connectivity index (χ2n) is 16.1. The summed E-state index contributed by atoms with van der Waals surface area (Å²) in [6.07, 6.45) is 3.98. The van der Waals surface area contributed by atoms with Crippen LogP contribution in [0.5, 0.6) is 5.75 Å². The van der Waals surface area contributed by atoms with Gasteiger partial charge in [0.05, 0.1) is 11.3 Å². The summed E-state index contributed by atoms with van der Waals surface area (Å²) in [4.78, 5) is 62.0. The number of imide groups is 1. The number of amides is 3. The third-order valence-corrected chi connectivity index (χ3v) is 13.7. The summed E-state index contributed by atoms with van der Waals surface area (Å²) in [5.74, 6) is -3.51. The number of likely N-dealkylation sites (tertiary alicyclic amines) is 1. The van der Waals surface area contributed by atoms with Crippen molar-refractivity contribution >= 4 is 50.4 Å². The van der Waals surface area contributed by atoms with Crippen molar-refractivity contribution in [3.05, 3.63) is 113 Å².